The van der Waals surface area contributed by atoms with Crippen LogP contribution in [0.5, 0.6) is 0 Å². The smallest absolute Gasteiger partial charge is 0.275 e. The summed E-state index contributed by atoms with van der Waals surface area (Å²) in [6, 6.07) is 1.47. The highest BCUT2D eigenvalue weighted by Crippen LogP contribution is 2.13. The predicted molar refractivity (Wildman–Crippen MR) is 76.1 cm³/mol. The number of aliphatic hydroxyl groups is 1. The number of methoxy groups -OCH3 is 1. The molecule has 0 unspecified atom stereocenters. The summed E-state index contributed by atoms with van der Waals surface area (Å²) < 4.78 is 6.36. The molecule has 2 rings (SSSR count). The fourth-order valence-corrected chi connectivity index (χ4v) is 2.83. The first kappa shape index (κ1) is 15.0. The van der Waals surface area contributed by atoms with Gasteiger partial charge in [-0.25, -0.2) is 4.98 Å². The summed E-state index contributed by atoms with van der Waals surface area (Å²) in [7, 11) is 1.64. The molecule has 0 aromatic carbocycles. The number of aryl methyl sites for hydroxylation is 1. The number of hydrogen-bond donors (Lipinski definition) is 1. The maximum absolute atomic E-state index is 11.8. The summed E-state index contributed by atoms with van der Waals surface area (Å²) >= 11 is 1.39. The van der Waals surface area contributed by atoms with Crippen LogP contribution < -0.4 is 5.56 Å². The Morgan fingerprint density at radius 3 is 3.00 bits per heavy atom. The highest BCUT2D eigenvalue weighted by atomic mass is 32.1. The lowest BCUT2D eigenvalue weighted by Crippen LogP contribution is -2.30. The molecule has 110 valence electrons. The Kier molecular flexibility index (Phi) is 5.18. The molecule has 0 spiro atoms. The van der Waals surface area contributed by atoms with Crippen LogP contribution in [0.4, 0.5) is 0 Å². The molecule has 1 N–H and O–H groups in total. The molecule has 7 nitrogen and oxygen atoms in total. The Morgan fingerprint density at radius 1 is 1.50 bits per heavy atom. The van der Waals surface area contributed by atoms with Crippen LogP contribution in [0.25, 0.3) is 4.96 Å². The monoisotopic (exact) mass is 298 g/mol. The average molecular weight is 298 g/mol. The van der Waals surface area contributed by atoms with Crippen molar-refractivity contribution >= 4 is 16.3 Å². The zero-order valence-electron chi connectivity index (χ0n) is 11.6. The molecule has 0 amide bonds. The lowest BCUT2D eigenvalue weighted by Gasteiger charge is -2.18. The number of hydrogen-bond acceptors (Lipinski definition) is 7. The molecule has 0 radical (unpaired) electrons. The molecule has 2 aromatic heterocycles. The third kappa shape index (κ3) is 3.60. The molecule has 0 aliphatic carbocycles. The van der Waals surface area contributed by atoms with E-state index in [4.69, 9.17) is 9.84 Å². The summed E-state index contributed by atoms with van der Waals surface area (Å²) in [4.78, 5) is 18.7. The standard InChI is InChI=1S/C12H18N4O3S/c1-9-7-11(18)16-12(13-9)20-10(14-16)8-15(3-5-17)4-6-19-2/h7,17H,3-6,8H2,1-2H3. The van der Waals surface area contributed by atoms with E-state index in [1.807, 2.05) is 4.90 Å². The molecule has 0 atom stereocenters. The summed E-state index contributed by atoms with van der Waals surface area (Å²) in [6.45, 7) is 4.26. The normalized spacial score (nSPS) is 11.6. The number of aliphatic hydroxyl groups excluding tert-OH is 1. The number of ether oxygens (including phenoxy) is 1. The lowest BCUT2D eigenvalue weighted by molar-refractivity contribution is 0.126. The predicted octanol–water partition coefficient (Wildman–Crippen LogP) is -0.0999. The Hall–Kier alpha value is -1.35. The fraction of sp³-hybridized carbons (Fsp3) is 0.583. The van der Waals surface area contributed by atoms with Crippen molar-refractivity contribution in [2.24, 2.45) is 0 Å². The quantitative estimate of drug-likeness (QED) is 0.769. The van der Waals surface area contributed by atoms with E-state index in [0.717, 1.165) is 5.01 Å². The molecule has 0 bridgehead atoms. The highest BCUT2D eigenvalue weighted by molar-refractivity contribution is 7.16. The summed E-state index contributed by atoms with van der Waals surface area (Å²) in [5, 5.41) is 14.1. The van der Waals surface area contributed by atoms with Gasteiger partial charge in [-0.2, -0.15) is 9.61 Å². The van der Waals surface area contributed by atoms with Crippen molar-refractivity contribution in [3.8, 4) is 0 Å². The van der Waals surface area contributed by atoms with Crippen LogP contribution >= 0.6 is 11.3 Å². The van der Waals surface area contributed by atoms with Crippen LogP contribution in [0.2, 0.25) is 0 Å². The Bertz CT molecular complexity index is 625. The van der Waals surface area contributed by atoms with Crippen LogP contribution in [0.1, 0.15) is 10.7 Å². The van der Waals surface area contributed by atoms with E-state index >= 15 is 0 Å². The first-order valence-corrected chi connectivity index (χ1v) is 7.14. The molecule has 8 heteroatoms. The van der Waals surface area contributed by atoms with Crippen LogP contribution in [0.15, 0.2) is 10.9 Å². The minimum Gasteiger partial charge on any atom is -0.395 e. The van der Waals surface area contributed by atoms with Crippen molar-refractivity contribution in [3.63, 3.8) is 0 Å². The number of aromatic nitrogens is 3. The third-order valence-electron chi connectivity index (χ3n) is 2.80. The molecular weight excluding hydrogens is 280 g/mol. The first-order chi connectivity index (χ1) is 9.63. The van der Waals surface area contributed by atoms with E-state index < -0.39 is 0 Å². The van der Waals surface area contributed by atoms with Crippen LogP contribution in [-0.4, -0.2) is 58.0 Å². The topological polar surface area (TPSA) is 80.0 Å². The average Bonchev–Trinajstić information content (AvgIpc) is 2.79. The van der Waals surface area contributed by atoms with Crippen molar-refractivity contribution in [2.45, 2.75) is 13.5 Å². The van der Waals surface area contributed by atoms with Crippen molar-refractivity contribution in [2.75, 3.05) is 33.4 Å². The Labute approximate surface area is 120 Å². The largest absolute Gasteiger partial charge is 0.395 e. The van der Waals surface area contributed by atoms with Crippen LogP contribution in [-0.2, 0) is 11.3 Å². The van der Waals surface area contributed by atoms with Crippen LogP contribution in [0.3, 0.4) is 0 Å². The van der Waals surface area contributed by atoms with Gasteiger partial charge in [0.05, 0.1) is 19.8 Å². The summed E-state index contributed by atoms with van der Waals surface area (Å²) in [5.74, 6) is 0. The molecule has 2 aromatic rings. The maximum Gasteiger partial charge on any atom is 0.275 e. The van der Waals surface area contributed by atoms with Crippen molar-refractivity contribution in [1.29, 1.82) is 0 Å². The second-order valence-electron chi connectivity index (χ2n) is 4.42. The van der Waals surface area contributed by atoms with Gasteiger partial charge in [0, 0.05) is 32.0 Å². The van der Waals surface area contributed by atoms with Crippen molar-refractivity contribution in [3.05, 3.63) is 27.1 Å². The van der Waals surface area contributed by atoms with Gasteiger partial charge in [-0.3, -0.25) is 9.69 Å². The summed E-state index contributed by atoms with van der Waals surface area (Å²) in [5.41, 5.74) is 0.525. The second kappa shape index (κ2) is 6.89. The molecule has 0 saturated carbocycles. The van der Waals surface area contributed by atoms with Gasteiger partial charge in [0.1, 0.15) is 5.01 Å². The lowest BCUT2D eigenvalue weighted by atomic mass is 10.4. The van der Waals surface area contributed by atoms with Gasteiger partial charge in [-0.05, 0) is 6.92 Å². The molecular formula is C12H18N4O3S. The van der Waals surface area contributed by atoms with Crippen molar-refractivity contribution in [1.82, 2.24) is 19.5 Å². The summed E-state index contributed by atoms with van der Waals surface area (Å²) in [6.07, 6.45) is 0. The SMILES string of the molecule is COCCN(CCO)Cc1nn2c(=O)cc(C)nc2s1. The van der Waals surface area contributed by atoms with E-state index in [1.54, 1.807) is 14.0 Å². The molecule has 2 heterocycles. The molecule has 0 aliphatic heterocycles. The van der Waals surface area contributed by atoms with Gasteiger partial charge < -0.3 is 9.84 Å². The Morgan fingerprint density at radius 2 is 2.30 bits per heavy atom. The Balaban J connectivity index is 2.19. The van der Waals surface area contributed by atoms with Gasteiger partial charge in [-0.15, -0.1) is 0 Å². The van der Waals surface area contributed by atoms with E-state index in [2.05, 4.69) is 10.1 Å². The third-order valence-corrected chi connectivity index (χ3v) is 3.69. The van der Waals surface area contributed by atoms with Gasteiger partial charge in [0.2, 0.25) is 4.96 Å². The second-order valence-corrected chi connectivity index (χ2v) is 5.46. The van der Waals surface area contributed by atoms with E-state index in [0.29, 0.717) is 36.9 Å². The van der Waals surface area contributed by atoms with Crippen molar-refractivity contribution < 1.29 is 9.84 Å². The van der Waals surface area contributed by atoms with E-state index in [-0.39, 0.29) is 12.2 Å². The molecule has 0 saturated heterocycles. The fourth-order valence-electron chi connectivity index (χ4n) is 1.85. The molecule has 0 fully saturated rings. The van der Waals surface area contributed by atoms with Gasteiger partial charge in [-0.1, -0.05) is 11.3 Å². The minimum atomic E-state index is -0.166. The van der Waals surface area contributed by atoms with Gasteiger partial charge in [0.15, 0.2) is 0 Å². The molecule has 0 aliphatic rings. The highest BCUT2D eigenvalue weighted by Gasteiger charge is 2.11. The maximum atomic E-state index is 11.8. The van der Waals surface area contributed by atoms with E-state index in [9.17, 15) is 4.79 Å². The number of fused-ring (bicyclic) bond motifs is 1. The van der Waals surface area contributed by atoms with Gasteiger partial charge in [0.25, 0.3) is 5.56 Å². The first-order valence-electron chi connectivity index (χ1n) is 6.32. The number of rotatable bonds is 7. The zero-order chi connectivity index (χ0) is 14.5. The zero-order valence-corrected chi connectivity index (χ0v) is 12.4. The van der Waals surface area contributed by atoms with Gasteiger partial charge >= 0.3 is 0 Å². The van der Waals surface area contributed by atoms with Crippen LogP contribution in [0, 0.1) is 6.92 Å². The molecule has 20 heavy (non-hydrogen) atoms. The van der Waals surface area contributed by atoms with E-state index in [1.165, 1.54) is 21.9 Å². The minimum absolute atomic E-state index is 0.0753. The number of nitrogens with zero attached hydrogens (tertiary/aromatic N) is 4.